The van der Waals surface area contributed by atoms with E-state index in [1.807, 2.05) is 30.2 Å². The van der Waals surface area contributed by atoms with Crippen LogP contribution in [-0.4, -0.2) is 23.5 Å². The summed E-state index contributed by atoms with van der Waals surface area (Å²) in [4.78, 5) is 18.8. The van der Waals surface area contributed by atoms with Crippen molar-refractivity contribution in [3.05, 3.63) is 59.4 Å². The highest BCUT2D eigenvalue weighted by molar-refractivity contribution is 5.95. The van der Waals surface area contributed by atoms with Crippen molar-refractivity contribution in [1.82, 2.24) is 4.98 Å². The molecular weight excluding hydrogens is 310 g/mol. The van der Waals surface area contributed by atoms with Gasteiger partial charge < -0.3 is 10.6 Å². The van der Waals surface area contributed by atoms with Gasteiger partial charge in [-0.05, 0) is 62.8 Å². The number of para-hydroxylation sites is 1. The molecule has 25 heavy (non-hydrogen) atoms. The Morgan fingerprint density at radius 1 is 1.16 bits per heavy atom. The molecule has 2 N–H and O–H groups in total. The fraction of sp³-hybridized carbons (Fsp3) is 0.429. The lowest BCUT2D eigenvalue weighted by molar-refractivity contribution is -0.118. The average molecular weight is 339 g/mol. The first kappa shape index (κ1) is 19.1. The summed E-state index contributed by atoms with van der Waals surface area (Å²) >= 11 is 0. The van der Waals surface area contributed by atoms with Gasteiger partial charge in [0.15, 0.2) is 0 Å². The van der Waals surface area contributed by atoms with Crippen molar-refractivity contribution in [3.63, 3.8) is 0 Å². The maximum absolute atomic E-state index is 12.8. The fourth-order valence-corrected chi connectivity index (χ4v) is 3.12. The number of aromatic nitrogens is 1. The fourth-order valence-electron chi connectivity index (χ4n) is 3.12. The molecule has 0 fully saturated rings. The van der Waals surface area contributed by atoms with E-state index in [9.17, 15) is 4.79 Å². The zero-order chi connectivity index (χ0) is 18.2. The highest BCUT2D eigenvalue weighted by Gasteiger charge is 2.20. The van der Waals surface area contributed by atoms with Gasteiger partial charge in [0.05, 0.1) is 0 Å². The standard InChI is InChI=1S/C21H29N3O/c1-16-8-6-9-17(2)21(16)24(20(25)14-18(3)22)13-5-4-10-19-11-7-12-23-15-19/h6-9,11-12,15,18H,4-5,10,13-14,22H2,1-3H3. The highest BCUT2D eigenvalue weighted by atomic mass is 16.2. The molecule has 1 amide bonds. The number of amides is 1. The van der Waals surface area contributed by atoms with Crippen molar-refractivity contribution in [2.45, 2.75) is 52.5 Å². The Kier molecular flexibility index (Phi) is 7.14. The number of nitrogens with zero attached hydrogens (tertiary/aromatic N) is 2. The van der Waals surface area contributed by atoms with E-state index in [1.54, 1.807) is 6.20 Å². The van der Waals surface area contributed by atoms with Crippen molar-refractivity contribution in [2.24, 2.45) is 5.73 Å². The number of carbonyl (C=O) groups excluding carboxylic acids is 1. The minimum absolute atomic E-state index is 0.105. The van der Waals surface area contributed by atoms with Crippen LogP contribution in [0.3, 0.4) is 0 Å². The molecule has 1 aromatic carbocycles. The lowest BCUT2D eigenvalue weighted by atomic mass is 10.1. The molecule has 1 unspecified atom stereocenters. The van der Waals surface area contributed by atoms with Gasteiger partial charge in [0.1, 0.15) is 0 Å². The summed E-state index contributed by atoms with van der Waals surface area (Å²) in [7, 11) is 0. The minimum atomic E-state index is -0.130. The van der Waals surface area contributed by atoms with Crippen LogP contribution in [-0.2, 0) is 11.2 Å². The van der Waals surface area contributed by atoms with Gasteiger partial charge in [-0.3, -0.25) is 9.78 Å². The number of anilines is 1. The quantitative estimate of drug-likeness (QED) is 0.744. The summed E-state index contributed by atoms with van der Waals surface area (Å²) in [6, 6.07) is 10.1. The van der Waals surface area contributed by atoms with Crippen LogP contribution in [0.5, 0.6) is 0 Å². The Labute approximate surface area is 151 Å². The summed E-state index contributed by atoms with van der Waals surface area (Å²) in [6.07, 6.45) is 7.03. The van der Waals surface area contributed by atoms with Gasteiger partial charge in [-0.2, -0.15) is 0 Å². The number of hydrogen-bond donors (Lipinski definition) is 1. The molecule has 0 aliphatic heterocycles. The molecule has 1 heterocycles. The van der Waals surface area contributed by atoms with Crippen LogP contribution < -0.4 is 10.6 Å². The summed E-state index contributed by atoms with van der Waals surface area (Å²) in [5.74, 6) is 0.105. The zero-order valence-electron chi connectivity index (χ0n) is 15.5. The van der Waals surface area contributed by atoms with E-state index in [2.05, 4.69) is 37.0 Å². The Balaban J connectivity index is 2.06. The van der Waals surface area contributed by atoms with Gasteiger partial charge in [-0.15, -0.1) is 0 Å². The van der Waals surface area contributed by atoms with E-state index < -0.39 is 0 Å². The Morgan fingerprint density at radius 3 is 2.48 bits per heavy atom. The third-order valence-electron chi connectivity index (χ3n) is 4.33. The van der Waals surface area contributed by atoms with Crippen molar-refractivity contribution in [3.8, 4) is 0 Å². The van der Waals surface area contributed by atoms with Crippen LogP contribution in [0.15, 0.2) is 42.7 Å². The molecule has 1 aromatic heterocycles. The second-order valence-electron chi connectivity index (χ2n) is 6.79. The van der Waals surface area contributed by atoms with Crippen LogP contribution >= 0.6 is 0 Å². The second kappa shape index (κ2) is 9.33. The molecule has 1 atom stereocenters. The lowest BCUT2D eigenvalue weighted by Crippen LogP contribution is -2.36. The first-order valence-electron chi connectivity index (χ1n) is 9.00. The van der Waals surface area contributed by atoms with Crippen LogP contribution in [0, 0.1) is 13.8 Å². The molecule has 134 valence electrons. The van der Waals surface area contributed by atoms with Gasteiger partial charge in [-0.25, -0.2) is 0 Å². The zero-order valence-corrected chi connectivity index (χ0v) is 15.5. The highest BCUT2D eigenvalue weighted by Crippen LogP contribution is 2.26. The third kappa shape index (κ3) is 5.68. The van der Waals surface area contributed by atoms with Gasteiger partial charge in [0.25, 0.3) is 0 Å². The number of rotatable bonds is 8. The summed E-state index contributed by atoms with van der Waals surface area (Å²) in [5.41, 5.74) is 10.4. The molecule has 4 heteroatoms. The number of carbonyl (C=O) groups is 1. The Morgan fingerprint density at radius 2 is 1.88 bits per heavy atom. The third-order valence-corrected chi connectivity index (χ3v) is 4.33. The summed E-state index contributed by atoms with van der Waals surface area (Å²) in [6.45, 7) is 6.72. The Bertz CT molecular complexity index is 663. The topological polar surface area (TPSA) is 59.2 Å². The van der Waals surface area contributed by atoms with Crippen LogP contribution in [0.4, 0.5) is 5.69 Å². The van der Waals surface area contributed by atoms with Crippen LogP contribution in [0.2, 0.25) is 0 Å². The molecule has 0 bridgehead atoms. The number of benzene rings is 1. The molecule has 0 aliphatic rings. The smallest absolute Gasteiger partial charge is 0.228 e. The summed E-state index contributed by atoms with van der Waals surface area (Å²) in [5, 5.41) is 0. The molecule has 0 radical (unpaired) electrons. The second-order valence-corrected chi connectivity index (χ2v) is 6.79. The van der Waals surface area contributed by atoms with Gasteiger partial charge in [0, 0.05) is 37.1 Å². The normalized spacial score (nSPS) is 12.0. The van der Waals surface area contributed by atoms with Crippen LogP contribution in [0.1, 0.15) is 42.9 Å². The minimum Gasteiger partial charge on any atom is -0.327 e. The first-order chi connectivity index (χ1) is 12.0. The van der Waals surface area contributed by atoms with Gasteiger partial charge in [-0.1, -0.05) is 24.3 Å². The molecule has 2 rings (SSSR count). The van der Waals surface area contributed by atoms with Crippen molar-refractivity contribution in [2.75, 3.05) is 11.4 Å². The van der Waals surface area contributed by atoms with Crippen molar-refractivity contribution >= 4 is 11.6 Å². The molecular formula is C21H29N3O. The number of pyridine rings is 1. The van der Waals surface area contributed by atoms with Crippen molar-refractivity contribution in [1.29, 1.82) is 0 Å². The Hall–Kier alpha value is -2.20. The van der Waals surface area contributed by atoms with Crippen molar-refractivity contribution < 1.29 is 4.79 Å². The number of aryl methyl sites for hydroxylation is 3. The largest absolute Gasteiger partial charge is 0.327 e. The molecule has 0 aliphatic carbocycles. The molecule has 2 aromatic rings. The lowest BCUT2D eigenvalue weighted by Gasteiger charge is -2.27. The molecule has 0 saturated heterocycles. The monoisotopic (exact) mass is 339 g/mol. The van der Waals surface area contributed by atoms with Gasteiger partial charge in [0.2, 0.25) is 5.91 Å². The number of unbranched alkanes of at least 4 members (excludes halogenated alkanes) is 1. The van der Waals surface area contributed by atoms with E-state index >= 15 is 0 Å². The first-order valence-corrected chi connectivity index (χ1v) is 9.00. The predicted molar refractivity (Wildman–Crippen MR) is 104 cm³/mol. The SMILES string of the molecule is Cc1cccc(C)c1N(CCCCc1cccnc1)C(=O)CC(C)N. The van der Waals surface area contributed by atoms with Gasteiger partial charge >= 0.3 is 0 Å². The van der Waals surface area contributed by atoms with E-state index in [1.165, 1.54) is 5.56 Å². The molecule has 0 spiro atoms. The maximum atomic E-state index is 12.8. The van der Waals surface area contributed by atoms with E-state index in [0.29, 0.717) is 6.42 Å². The number of hydrogen-bond acceptors (Lipinski definition) is 3. The van der Waals surface area contributed by atoms with E-state index in [-0.39, 0.29) is 11.9 Å². The predicted octanol–water partition coefficient (Wildman–Crippen LogP) is 3.79. The number of nitrogens with two attached hydrogens (primary N) is 1. The molecule has 0 saturated carbocycles. The van der Waals surface area contributed by atoms with E-state index in [4.69, 9.17) is 5.73 Å². The summed E-state index contributed by atoms with van der Waals surface area (Å²) < 4.78 is 0. The van der Waals surface area contributed by atoms with Crippen LogP contribution in [0.25, 0.3) is 0 Å². The van der Waals surface area contributed by atoms with E-state index in [0.717, 1.165) is 42.6 Å². The molecule has 4 nitrogen and oxygen atoms in total. The maximum Gasteiger partial charge on any atom is 0.228 e. The average Bonchev–Trinajstić information content (AvgIpc) is 2.57.